The lowest BCUT2D eigenvalue weighted by Crippen LogP contribution is -2.27. The number of aromatic nitrogens is 5. The molecule has 0 saturated carbocycles. The van der Waals surface area contributed by atoms with Gasteiger partial charge in [0.05, 0.1) is 37.3 Å². The van der Waals surface area contributed by atoms with Crippen molar-refractivity contribution in [3.05, 3.63) is 47.4 Å². The second-order valence-electron chi connectivity index (χ2n) is 7.35. The minimum atomic E-state index is -4.39. The maximum absolute atomic E-state index is 13.9. The number of halogens is 4. The van der Waals surface area contributed by atoms with E-state index in [0.717, 1.165) is 6.20 Å². The Morgan fingerprint density at radius 2 is 1.88 bits per heavy atom. The van der Waals surface area contributed by atoms with Gasteiger partial charge in [-0.15, -0.1) is 0 Å². The van der Waals surface area contributed by atoms with Gasteiger partial charge in [-0.2, -0.15) is 23.4 Å². The van der Waals surface area contributed by atoms with Crippen LogP contribution in [0, 0.1) is 5.82 Å². The van der Waals surface area contributed by atoms with Gasteiger partial charge in [0.2, 0.25) is 5.91 Å². The van der Waals surface area contributed by atoms with Crippen molar-refractivity contribution in [2.24, 2.45) is 0 Å². The largest absolute Gasteiger partial charge is 0.389 e. The third-order valence-electron chi connectivity index (χ3n) is 4.44. The lowest BCUT2D eigenvalue weighted by molar-refractivity contribution is -0.144. The van der Waals surface area contributed by atoms with E-state index in [1.165, 1.54) is 15.4 Å². The van der Waals surface area contributed by atoms with Crippen molar-refractivity contribution in [2.45, 2.75) is 52.0 Å². The summed E-state index contributed by atoms with van der Waals surface area (Å²) >= 11 is 0. The topological polar surface area (TPSA) is 106 Å². The molecule has 32 heavy (non-hydrogen) atoms. The SMILES string of the molecule is CC(C)n1ncc(F)c1C(=O)NCc1cn2ncc(CNC(=O)CCC(F)(F)F)cc2n1. The van der Waals surface area contributed by atoms with Crippen LogP contribution in [0.1, 0.15) is 54.5 Å². The zero-order valence-corrected chi connectivity index (χ0v) is 17.3. The molecule has 2 N–H and O–H groups in total. The van der Waals surface area contributed by atoms with Gasteiger partial charge in [-0.3, -0.25) is 14.3 Å². The lowest BCUT2D eigenvalue weighted by Gasteiger charge is -2.10. The Labute approximate surface area is 179 Å². The summed E-state index contributed by atoms with van der Waals surface area (Å²) in [5.74, 6) is -2.09. The van der Waals surface area contributed by atoms with E-state index in [2.05, 4.69) is 25.8 Å². The molecule has 3 rings (SSSR count). The molecule has 13 heteroatoms. The van der Waals surface area contributed by atoms with Crippen LogP contribution in [0.5, 0.6) is 0 Å². The van der Waals surface area contributed by atoms with E-state index in [1.54, 1.807) is 26.1 Å². The Balaban J connectivity index is 1.60. The first-order valence-corrected chi connectivity index (χ1v) is 9.71. The van der Waals surface area contributed by atoms with Crippen molar-refractivity contribution in [1.29, 1.82) is 0 Å². The molecule has 3 aromatic heterocycles. The number of hydrogen-bond acceptors (Lipinski definition) is 5. The minimum absolute atomic E-state index is 0.00239. The third kappa shape index (κ3) is 5.80. The van der Waals surface area contributed by atoms with Gasteiger partial charge in [-0.05, 0) is 25.5 Å². The molecule has 3 aromatic rings. The van der Waals surface area contributed by atoms with Crippen molar-refractivity contribution in [2.75, 3.05) is 0 Å². The molecule has 0 aromatic carbocycles. The maximum atomic E-state index is 13.9. The lowest BCUT2D eigenvalue weighted by atomic mass is 10.2. The Kier molecular flexibility index (Phi) is 6.75. The molecule has 3 heterocycles. The number of amides is 2. The first-order valence-electron chi connectivity index (χ1n) is 9.71. The van der Waals surface area contributed by atoms with Crippen LogP contribution in [-0.2, 0) is 17.9 Å². The summed E-state index contributed by atoms with van der Waals surface area (Å²) in [6, 6.07) is 1.41. The molecule has 0 aliphatic heterocycles. The summed E-state index contributed by atoms with van der Waals surface area (Å²) < 4.78 is 53.2. The van der Waals surface area contributed by atoms with Crippen LogP contribution in [0.3, 0.4) is 0 Å². The number of alkyl halides is 3. The van der Waals surface area contributed by atoms with Crippen molar-refractivity contribution >= 4 is 17.5 Å². The van der Waals surface area contributed by atoms with Gasteiger partial charge in [-0.1, -0.05) is 0 Å². The fraction of sp³-hybridized carbons (Fsp3) is 0.421. The van der Waals surface area contributed by atoms with Crippen LogP contribution in [0.2, 0.25) is 0 Å². The molecule has 0 atom stereocenters. The van der Waals surface area contributed by atoms with Crippen LogP contribution in [0.25, 0.3) is 5.65 Å². The number of carbonyl (C=O) groups is 2. The molecule has 0 saturated heterocycles. The standard InChI is InChI=1S/C19H21F4N7O2/c1-11(2)30-17(14(20)9-27-30)18(32)25-8-13-10-29-15(28-13)5-12(7-26-29)6-24-16(31)3-4-19(21,22)23/h5,7,9-11H,3-4,6,8H2,1-2H3,(H,24,31)(H,25,32). The van der Waals surface area contributed by atoms with Gasteiger partial charge in [-0.25, -0.2) is 13.9 Å². The molecular formula is C19H21F4N7O2. The molecule has 0 aliphatic carbocycles. The van der Waals surface area contributed by atoms with E-state index < -0.39 is 36.6 Å². The Hall–Kier alpha value is -3.51. The van der Waals surface area contributed by atoms with Crippen LogP contribution >= 0.6 is 0 Å². The van der Waals surface area contributed by atoms with E-state index >= 15 is 0 Å². The quantitative estimate of drug-likeness (QED) is 0.508. The van der Waals surface area contributed by atoms with E-state index in [4.69, 9.17) is 0 Å². The molecule has 0 spiro atoms. The molecule has 9 nitrogen and oxygen atoms in total. The molecule has 2 amide bonds. The van der Waals surface area contributed by atoms with Crippen LogP contribution in [-0.4, -0.2) is 42.4 Å². The highest BCUT2D eigenvalue weighted by atomic mass is 19.4. The maximum Gasteiger partial charge on any atom is 0.389 e. The van der Waals surface area contributed by atoms with Crippen LogP contribution in [0.4, 0.5) is 17.6 Å². The van der Waals surface area contributed by atoms with Crippen molar-refractivity contribution in [1.82, 2.24) is 35.0 Å². The second kappa shape index (κ2) is 9.32. The average Bonchev–Trinajstić information content (AvgIpc) is 3.31. The number of hydrogen-bond donors (Lipinski definition) is 2. The number of nitrogens with one attached hydrogen (secondary N) is 2. The highest BCUT2D eigenvalue weighted by Crippen LogP contribution is 2.21. The zero-order chi connectivity index (χ0) is 23.5. The normalized spacial score (nSPS) is 11.8. The van der Waals surface area contributed by atoms with Crippen LogP contribution < -0.4 is 10.6 Å². The average molecular weight is 455 g/mol. The number of rotatable bonds is 8. The summed E-state index contributed by atoms with van der Waals surface area (Å²) in [6.07, 6.45) is -2.24. The number of nitrogens with zero attached hydrogens (tertiary/aromatic N) is 5. The van der Waals surface area contributed by atoms with Crippen LogP contribution in [0.15, 0.2) is 24.7 Å². The van der Waals surface area contributed by atoms with Crippen molar-refractivity contribution < 1.29 is 27.2 Å². The highest BCUT2D eigenvalue weighted by Gasteiger charge is 2.27. The summed E-state index contributed by atoms with van der Waals surface area (Å²) in [7, 11) is 0. The predicted octanol–water partition coefficient (Wildman–Crippen LogP) is 2.53. The molecule has 0 bridgehead atoms. The first kappa shape index (κ1) is 23.2. The third-order valence-corrected chi connectivity index (χ3v) is 4.44. The van der Waals surface area contributed by atoms with Gasteiger partial charge >= 0.3 is 6.18 Å². The Morgan fingerprint density at radius 1 is 1.12 bits per heavy atom. The van der Waals surface area contributed by atoms with Gasteiger partial charge < -0.3 is 10.6 Å². The number of fused-ring (bicyclic) bond motifs is 1. The smallest absolute Gasteiger partial charge is 0.352 e. The zero-order valence-electron chi connectivity index (χ0n) is 17.3. The Bertz CT molecular complexity index is 1120. The number of imidazole rings is 1. The molecular weight excluding hydrogens is 434 g/mol. The highest BCUT2D eigenvalue weighted by molar-refractivity contribution is 5.92. The monoisotopic (exact) mass is 455 g/mol. The summed E-state index contributed by atoms with van der Waals surface area (Å²) in [6.45, 7) is 3.55. The minimum Gasteiger partial charge on any atom is -0.352 e. The molecule has 0 radical (unpaired) electrons. The van der Waals surface area contributed by atoms with Gasteiger partial charge in [0.1, 0.15) is 0 Å². The second-order valence-corrected chi connectivity index (χ2v) is 7.35. The first-order chi connectivity index (χ1) is 15.0. The molecule has 0 aliphatic rings. The molecule has 0 unspecified atom stereocenters. The molecule has 172 valence electrons. The summed E-state index contributed by atoms with van der Waals surface area (Å²) in [5.41, 5.74) is 1.23. The molecule has 0 fully saturated rings. The van der Waals surface area contributed by atoms with Gasteiger partial charge in [0.25, 0.3) is 5.91 Å². The van der Waals surface area contributed by atoms with Gasteiger partial charge in [0.15, 0.2) is 17.2 Å². The van der Waals surface area contributed by atoms with Crippen molar-refractivity contribution in [3.63, 3.8) is 0 Å². The van der Waals surface area contributed by atoms with Crippen molar-refractivity contribution in [3.8, 4) is 0 Å². The number of carbonyl (C=O) groups excluding carboxylic acids is 2. The fourth-order valence-electron chi connectivity index (χ4n) is 2.89. The fourth-order valence-corrected chi connectivity index (χ4v) is 2.89. The van der Waals surface area contributed by atoms with E-state index in [1.807, 2.05) is 0 Å². The van der Waals surface area contributed by atoms with E-state index in [-0.39, 0.29) is 24.8 Å². The summed E-state index contributed by atoms with van der Waals surface area (Å²) in [5, 5.41) is 13.0. The predicted molar refractivity (Wildman–Crippen MR) is 104 cm³/mol. The Morgan fingerprint density at radius 3 is 2.56 bits per heavy atom. The van der Waals surface area contributed by atoms with Gasteiger partial charge in [0, 0.05) is 19.0 Å². The van der Waals surface area contributed by atoms with E-state index in [9.17, 15) is 27.2 Å². The van der Waals surface area contributed by atoms with E-state index in [0.29, 0.717) is 16.9 Å². The summed E-state index contributed by atoms with van der Waals surface area (Å²) in [4.78, 5) is 28.2.